The maximum absolute atomic E-state index is 12.0. The zero-order valence-corrected chi connectivity index (χ0v) is 12.6. The number of thiophene rings is 1. The summed E-state index contributed by atoms with van der Waals surface area (Å²) in [6.07, 6.45) is 0.676. The highest BCUT2D eigenvalue weighted by molar-refractivity contribution is 7.12. The fourth-order valence-corrected chi connectivity index (χ4v) is 3.10. The van der Waals surface area contributed by atoms with E-state index in [4.69, 9.17) is 0 Å². The number of hydrogen-bond donors (Lipinski definition) is 2. The second kappa shape index (κ2) is 5.85. The number of carbonyl (C=O) groups excluding carboxylic acids is 1. The predicted octanol–water partition coefficient (Wildman–Crippen LogP) is 2.89. The van der Waals surface area contributed by atoms with E-state index in [-0.39, 0.29) is 5.91 Å². The van der Waals surface area contributed by atoms with Crippen molar-refractivity contribution in [3.05, 3.63) is 21.4 Å². The van der Waals surface area contributed by atoms with Crippen molar-refractivity contribution in [3.63, 3.8) is 0 Å². The van der Waals surface area contributed by atoms with Gasteiger partial charge in [-0.2, -0.15) is 0 Å². The van der Waals surface area contributed by atoms with Crippen molar-refractivity contribution in [1.29, 1.82) is 0 Å². The molecule has 0 spiro atoms. The molecule has 0 saturated heterocycles. The van der Waals surface area contributed by atoms with Crippen LogP contribution in [0.3, 0.4) is 0 Å². The highest BCUT2D eigenvalue weighted by Gasteiger charge is 2.23. The first-order valence-electron chi connectivity index (χ1n) is 6.29. The smallest absolute Gasteiger partial charge is 0.252 e. The quantitative estimate of drug-likeness (QED) is 0.863. The summed E-state index contributed by atoms with van der Waals surface area (Å²) in [6.45, 7) is 10.1. The molecule has 0 aliphatic carbocycles. The molecule has 0 aliphatic heterocycles. The normalized spacial score (nSPS) is 14.6. The lowest BCUT2D eigenvalue weighted by molar-refractivity contribution is 0.0368. The molecule has 0 saturated carbocycles. The van der Waals surface area contributed by atoms with Gasteiger partial charge in [0, 0.05) is 16.3 Å². The fraction of sp³-hybridized carbons (Fsp3) is 0.643. The molecule has 1 unspecified atom stereocenters. The van der Waals surface area contributed by atoms with Crippen LogP contribution >= 0.6 is 11.3 Å². The molecule has 1 atom stereocenters. The SMILES string of the molecule is Cc1cc(C(=O)NCC(C)(O)CC(C)C)c(C)s1. The highest BCUT2D eigenvalue weighted by Crippen LogP contribution is 2.21. The lowest BCUT2D eigenvalue weighted by Gasteiger charge is -2.25. The summed E-state index contributed by atoms with van der Waals surface area (Å²) in [4.78, 5) is 14.1. The van der Waals surface area contributed by atoms with E-state index in [1.165, 1.54) is 0 Å². The molecule has 2 N–H and O–H groups in total. The molecule has 1 amide bonds. The Bertz CT molecular complexity index is 421. The minimum atomic E-state index is -0.844. The third-order valence-electron chi connectivity index (χ3n) is 2.76. The number of aliphatic hydroxyl groups is 1. The Kier molecular flexibility index (Phi) is 4.93. The standard InChI is InChI=1S/C14H23NO2S/c1-9(2)7-14(5,17)8-15-13(16)12-6-10(3)18-11(12)4/h6,9,17H,7-8H2,1-5H3,(H,15,16). The number of rotatable bonds is 5. The molecule has 3 nitrogen and oxygen atoms in total. The van der Waals surface area contributed by atoms with Crippen LogP contribution in [0.4, 0.5) is 0 Å². The zero-order valence-electron chi connectivity index (χ0n) is 11.8. The Balaban J connectivity index is 2.59. The summed E-state index contributed by atoms with van der Waals surface area (Å²) in [5, 5.41) is 13.0. The first kappa shape index (κ1) is 15.2. The van der Waals surface area contributed by atoms with E-state index in [1.807, 2.05) is 19.9 Å². The van der Waals surface area contributed by atoms with Crippen LogP contribution in [0.1, 0.15) is 47.3 Å². The van der Waals surface area contributed by atoms with Crippen molar-refractivity contribution < 1.29 is 9.90 Å². The molecule has 18 heavy (non-hydrogen) atoms. The van der Waals surface area contributed by atoms with Gasteiger partial charge in [0.25, 0.3) is 5.91 Å². The molecule has 0 aromatic carbocycles. The fourth-order valence-electron chi connectivity index (χ4n) is 2.17. The lowest BCUT2D eigenvalue weighted by atomic mass is 9.94. The van der Waals surface area contributed by atoms with Gasteiger partial charge in [-0.3, -0.25) is 4.79 Å². The Morgan fingerprint density at radius 1 is 1.50 bits per heavy atom. The van der Waals surface area contributed by atoms with Crippen molar-refractivity contribution in [2.75, 3.05) is 6.54 Å². The van der Waals surface area contributed by atoms with E-state index in [0.29, 0.717) is 18.9 Å². The Morgan fingerprint density at radius 3 is 2.56 bits per heavy atom. The maximum Gasteiger partial charge on any atom is 0.252 e. The van der Waals surface area contributed by atoms with Gasteiger partial charge in [-0.05, 0) is 39.2 Å². The molecule has 102 valence electrons. The lowest BCUT2D eigenvalue weighted by Crippen LogP contribution is -2.41. The summed E-state index contributed by atoms with van der Waals surface area (Å²) < 4.78 is 0. The summed E-state index contributed by atoms with van der Waals surface area (Å²) in [5.74, 6) is 0.308. The number of amides is 1. The van der Waals surface area contributed by atoms with Gasteiger partial charge < -0.3 is 10.4 Å². The van der Waals surface area contributed by atoms with Crippen molar-refractivity contribution in [1.82, 2.24) is 5.32 Å². The maximum atomic E-state index is 12.0. The van der Waals surface area contributed by atoms with Crippen LogP contribution in [0.5, 0.6) is 0 Å². The zero-order chi connectivity index (χ0) is 13.9. The van der Waals surface area contributed by atoms with Crippen LogP contribution in [-0.4, -0.2) is 23.2 Å². The molecule has 1 heterocycles. The molecule has 4 heteroatoms. The largest absolute Gasteiger partial charge is 0.388 e. The van der Waals surface area contributed by atoms with Crippen molar-refractivity contribution in [2.45, 2.75) is 46.6 Å². The second-order valence-electron chi connectivity index (χ2n) is 5.60. The van der Waals surface area contributed by atoms with E-state index < -0.39 is 5.60 Å². The van der Waals surface area contributed by atoms with Crippen molar-refractivity contribution in [3.8, 4) is 0 Å². The highest BCUT2D eigenvalue weighted by atomic mass is 32.1. The van der Waals surface area contributed by atoms with Gasteiger partial charge in [0.1, 0.15) is 0 Å². The van der Waals surface area contributed by atoms with E-state index in [0.717, 1.165) is 15.3 Å². The molecule has 0 bridgehead atoms. The van der Waals surface area contributed by atoms with Crippen molar-refractivity contribution in [2.24, 2.45) is 5.92 Å². The minimum absolute atomic E-state index is 0.0964. The van der Waals surface area contributed by atoms with E-state index in [2.05, 4.69) is 19.2 Å². The van der Waals surface area contributed by atoms with Gasteiger partial charge in [0.2, 0.25) is 0 Å². The average Bonchev–Trinajstić information content (AvgIpc) is 2.52. The number of aryl methyl sites for hydroxylation is 2. The Hall–Kier alpha value is -0.870. The van der Waals surface area contributed by atoms with E-state index in [1.54, 1.807) is 18.3 Å². The van der Waals surface area contributed by atoms with Crippen LogP contribution < -0.4 is 5.32 Å². The molecule has 0 fully saturated rings. The van der Waals surface area contributed by atoms with Crippen LogP contribution in [0, 0.1) is 19.8 Å². The summed E-state index contributed by atoms with van der Waals surface area (Å²) >= 11 is 1.62. The molecule has 1 aromatic heterocycles. The van der Waals surface area contributed by atoms with Gasteiger partial charge in [0.05, 0.1) is 11.2 Å². The molecular weight excluding hydrogens is 246 g/mol. The third-order valence-corrected chi connectivity index (χ3v) is 3.73. The van der Waals surface area contributed by atoms with Crippen molar-refractivity contribution >= 4 is 17.2 Å². The van der Waals surface area contributed by atoms with Crippen LogP contribution in [0.15, 0.2) is 6.07 Å². The number of nitrogens with one attached hydrogen (secondary N) is 1. The van der Waals surface area contributed by atoms with Crippen LogP contribution in [-0.2, 0) is 0 Å². The Morgan fingerprint density at radius 2 is 2.11 bits per heavy atom. The molecule has 1 aromatic rings. The second-order valence-corrected chi connectivity index (χ2v) is 7.06. The van der Waals surface area contributed by atoms with E-state index >= 15 is 0 Å². The van der Waals surface area contributed by atoms with Gasteiger partial charge in [-0.25, -0.2) is 0 Å². The first-order valence-corrected chi connectivity index (χ1v) is 7.10. The van der Waals surface area contributed by atoms with E-state index in [9.17, 15) is 9.90 Å². The van der Waals surface area contributed by atoms with Gasteiger partial charge >= 0.3 is 0 Å². The number of carbonyl (C=O) groups is 1. The topological polar surface area (TPSA) is 49.3 Å². The molecule has 0 radical (unpaired) electrons. The minimum Gasteiger partial charge on any atom is -0.388 e. The molecular formula is C14H23NO2S. The van der Waals surface area contributed by atoms with Gasteiger partial charge in [0.15, 0.2) is 0 Å². The number of hydrogen-bond acceptors (Lipinski definition) is 3. The van der Waals surface area contributed by atoms with Crippen LogP contribution in [0.25, 0.3) is 0 Å². The summed E-state index contributed by atoms with van der Waals surface area (Å²) in [7, 11) is 0. The van der Waals surface area contributed by atoms with Crippen LogP contribution in [0.2, 0.25) is 0 Å². The van der Waals surface area contributed by atoms with Gasteiger partial charge in [-0.1, -0.05) is 13.8 Å². The third kappa shape index (κ3) is 4.42. The molecule has 0 aliphatic rings. The first-order chi connectivity index (χ1) is 8.21. The Labute approximate surface area is 113 Å². The monoisotopic (exact) mass is 269 g/mol. The predicted molar refractivity (Wildman–Crippen MR) is 76.2 cm³/mol. The van der Waals surface area contributed by atoms with Gasteiger partial charge in [-0.15, -0.1) is 11.3 Å². The summed E-state index contributed by atoms with van der Waals surface area (Å²) in [6, 6.07) is 1.90. The molecule has 1 rings (SSSR count). The summed E-state index contributed by atoms with van der Waals surface area (Å²) in [5.41, 5.74) is -0.124. The average molecular weight is 269 g/mol.